The molecule has 80 valence electrons. The van der Waals surface area contributed by atoms with Crippen LogP contribution >= 0.6 is 0 Å². The Morgan fingerprint density at radius 2 is 2.13 bits per heavy atom. The molecule has 1 aromatic heterocycles. The van der Waals surface area contributed by atoms with Gasteiger partial charge in [-0.2, -0.15) is 15.0 Å². The fraction of sp³-hybridized carbons (Fsp3) is 0.455. The first kappa shape index (κ1) is 10.1. The highest BCUT2D eigenvalue weighted by Gasteiger charge is 2.08. The third kappa shape index (κ3) is 1.85. The fourth-order valence-corrected chi connectivity index (χ4v) is 1.60. The Labute approximate surface area is 89.1 Å². The molecule has 1 aromatic carbocycles. The maximum absolute atomic E-state index is 5.56. The summed E-state index contributed by atoms with van der Waals surface area (Å²) in [5.41, 5.74) is 8.68. The Morgan fingerprint density at radius 3 is 2.80 bits per heavy atom. The van der Waals surface area contributed by atoms with E-state index in [1.807, 2.05) is 12.1 Å². The fourth-order valence-electron chi connectivity index (χ4n) is 1.60. The molecule has 0 spiro atoms. The quantitative estimate of drug-likeness (QED) is 0.824. The summed E-state index contributed by atoms with van der Waals surface area (Å²) >= 11 is 0. The molecule has 2 N–H and O–H groups in total. The topological polar surface area (TPSA) is 56.7 Å². The molecule has 0 unspecified atom stereocenters. The first-order valence-electron chi connectivity index (χ1n) is 5.27. The van der Waals surface area contributed by atoms with Gasteiger partial charge in [-0.3, -0.25) is 0 Å². The van der Waals surface area contributed by atoms with Crippen LogP contribution < -0.4 is 5.73 Å². The molecule has 0 aliphatic rings. The lowest BCUT2D eigenvalue weighted by Gasteiger charge is -2.00. The van der Waals surface area contributed by atoms with Crippen molar-refractivity contribution in [3.05, 3.63) is 23.8 Å². The SMILES string of the molecule is CC(C)n1nc2cccc(CCN)c2n1. The van der Waals surface area contributed by atoms with Gasteiger partial charge in [-0.15, -0.1) is 0 Å². The lowest BCUT2D eigenvalue weighted by Crippen LogP contribution is -2.05. The van der Waals surface area contributed by atoms with Crippen LogP contribution in [0.2, 0.25) is 0 Å². The van der Waals surface area contributed by atoms with E-state index in [-0.39, 0.29) is 0 Å². The Morgan fingerprint density at radius 1 is 1.33 bits per heavy atom. The van der Waals surface area contributed by atoms with E-state index >= 15 is 0 Å². The van der Waals surface area contributed by atoms with E-state index in [4.69, 9.17) is 5.73 Å². The molecule has 0 radical (unpaired) electrons. The van der Waals surface area contributed by atoms with Crippen molar-refractivity contribution >= 4 is 11.0 Å². The lowest BCUT2D eigenvalue weighted by molar-refractivity contribution is 0.472. The molecule has 4 nitrogen and oxygen atoms in total. The second-order valence-corrected chi connectivity index (χ2v) is 3.94. The Balaban J connectivity index is 2.54. The number of fused-ring (bicyclic) bond motifs is 1. The maximum atomic E-state index is 5.56. The van der Waals surface area contributed by atoms with Crippen molar-refractivity contribution in [2.24, 2.45) is 5.73 Å². The smallest absolute Gasteiger partial charge is 0.116 e. The molecule has 2 aromatic rings. The summed E-state index contributed by atoms with van der Waals surface area (Å²) in [5, 5.41) is 8.90. The molecule has 0 bridgehead atoms. The molecular weight excluding hydrogens is 188 g/mol. The second kappa shape index (κ2) is 3.98. The number of nitrogens with zero attached hydrogens (tertiary/aromatic N) is 3. The molecule has 4 heteroatoms. The van der Waals surface area contributed by atoms with Crippen LogP contribution in [0, 0.1) is 0 Å². The molecule has 0 aliphatic carbocycles. The molecule has 1 heterocycles. The van der Waals surface area contributed by atoms with Crippen LogP contribution in [-0.2, 0) is 6.42 Å². The summed E-state index contributed by atoms with van der Waals surface area (Å²) in [4.78, 5) is 1.75. The summed E-state index contributed by atoms with van der Waals surface area (Å²) in [6.07, 6.45) is 0.855. The molecule has 0 amide bonds. The highest BCUT2D eigenvalue weighted by molar-refractivity contribution is 5.77. The number of benzene rings is 1. The molecule has 0 fully saturated rings. The molecule has 0 aliphatic heterocycles. The summed E-state index contributed by atoms with van der Waals surface area (Å²) in [5.74, 6) is 0. The van der Waals surface area contributed by atoms with E-state index in [1.54, 1.807) is 4.80 Å². The molecule has 0 saturated heterocycles. The van der Waals surface area contributed by atoms with Gasteiger partial charge < -0.3 is 5.73 Å². The maximum Gasteiger partial charge on any atom is 0.116 e. The Hall–Kier alpha value is -1.42. The van der Waals surface area contributed by atoms with Crippen LogP contribution in [0.3, 0.4) is 0 Å². The zero-order valence-corrected chi connectivity index (χ0v) is 9.14. The van der Waals surface area contributed by atoms with Crippen LogP contribution in [0.1, 0.15) is 25.5 Å². The van der Waals surface area contributed by atoms with Gasteiger partial charge >= 0.3 is 0 Å². The number of aromatic nitrogens is 3. The van der Waals surface area contributed by atoms with E-state index in [0.717, 1.165) is 17.5 Å². The van der Waals surface area contributed by atoms with Gasteiger partial charge in [0.1, 0.15) is 11.0 Å². The minimum Gasteiger partial charge on any atom is -0.330 e. The summed E-state index contributed by atoms with van der Waals surface area (Å²) in [6, 6.07) is 6.35. The third-order valence-electron chi connectivity index (χ3n) is 2.39. The van der Waals surface area contributed by atoms with E-state index in [0.29, 0.717) is 12.6 Å². The number of rotatable bonds is 3. The first-order chi connectivity index (χ1) is 7.22. The molecule has 0 atom stereocenters. The highest BCUT2D eigenvalue weighted by atomic mass is 15.5. The minimum absolute atomic E-state index is 0.295. The van der Waals surface area contributed by atoms with E-state index < -0.39 is 0 Å². The van der Waals surface area contributed by atoms with Crippen molar-refractivity contribution in [2.45, 2.75) is 26.3 Å². The van der Waals surface area contributed by atoms with Crippen LogP contribution in [-0.4, -0.2) is 21.5 Å². The molecular formula is C11H16N4. The summed E-state index contributed by atoms with van der Waals surface area (Å²) < 4.78 is 0. The average molecular weight is 204 g/mol. The van der Waals surface area contributed by atoms with Crippen LogP contribution in [0.4, 0.5) is 0 Å². The van der Waals surface area contributed by atoms with Gasteiger partial charge in [0.2, 0.25) is 0 Å². The second-order valence-electron chi connectivity index (χ2n) is 3.94. The minimum atomic E-state index is 0.295. The van der Waals surface area contributed by atoms with Crippen LogP contribution in [0.5, 0.6) is 0 Å². The Kier molecular flexibility index (Phi) is 2.68. The van der Waals surface area contributed by atoms with Gasteiger partial charge in [-0.1, -0.05) is 12.1 Å². The van der Waals surface area contributed by atoms with Crippen LogP contribution in [0.25, 0.3) is 11.0 Å². The van der Waals surface area contributed by atoms with Crippen LogP contribution in [0.15, 0.2) is 18.2 Å². The summed E-state index contributed by atoms with van der Waals surface area (Å²) in [7, 11) is 0. The van der Waals surface area contributed by atoms with Gasteiger partial charge in [-0.25, -0.2) is 0 Å². The van der Waals surface area contributed by atoms with Crippen molar-refractivity contribution in [3.63, 3.8) is 0 Å². The molecule has 2 rings (SSSR count). The van der Waals surface area contributed by atoms with Crippen molar-refractivity contribution < 1.29 is 0 Å². The van der Waals surface area contributed by atoms with Crippen molar-refractivity contribution in [3.8, 4) is 0 Å². The number of nitrogens with two attached hydrogens (primary N) is 1. The van der Waals surface area contributed by atoms with Gasteiger partial charge in [0, 0.05) is 0 Å². The summed E-state index contributed by atoms with van der Waals surface area (Å²) in [6.45, 7) is 4.79. The lowest BCUT2D eigenvalue weighted by atomic mass is 10.1. The average Bonchev–Trinajstić information content (AvgIpc) is 2.63. The molecule has 15 heavy (non-hydrogen) atoms. The van der Waals surface area contributed by atoms with Gasteiger partial charge in [0.25, 0.3) is 0 Å². The predicted octanol–water partition coefficient (Wildman–Crippen LogP) is 1.51. The third-order valence-corrected chi connectivity index (χ3v) is 2.39. The monoisotopic (exact) mass is 204 g/mol. The number of hydrogen-bond acceptors (Lipinski definition) is 3. The zero-order valence-electron chi connectivity index (χ0n) is 9.14. The number of hydrogen-bond donors (Lipinski definition) is 1. The van der Waals surface area contributed by atoms with Crippen molar-refractivity contribution in [1.29, 1.82) is 0 Å². The standard InChI is InChI=1S/C11H16N4/c1-8(2)15-13-10-5-3-4-9(6-7-12)11(10)14-15/h3-5,8H,6-7,12H2,1-2H3. The highest BCUT2D eigenvalue weighted by Crippen LogP contribution is 2.16. The Bertz CT molecular complexity index is 459. The first-order valence-corrected chi connectivity index (χ1v) is 5.27. The largest absolute Gasteiger partial charge is 0.330 e. The van der Waals surface area contributed by atoms with E-state index in [9.17, 15) is 0 Å². The van der Waals surface area contributed by atoms with Crippen molar-refractivity contribution in [2.75, 3.05) is 6.54 Å². The van der Waals surface area contributed by atoms with E-state index in [1.165, 1.54) is 5.56 Å². The van der Waals surface area contributed by atoms with E-state index in [2.05, 4.69) is 30.1 Å². The zero-order chi connectivity index (χ0) is 10.8. The molecule has 0 saturated carbocycles. The van der Waals surface area contributed by atoms with Crippen molar-refractivity contribution in [1.82, 2.24) is 15.0 Å². The predicted molar refractivity (Wildman–Crippen MR) is 60.7 cm³/mol. The normalized spacial score (nSPS) is 11.5. The van der Waals surface area contributed by atoms with Gasteiger partial charge in [-0.05, 0) is 38.4 Å². The van der Waals surface area contributed by atoms with Gasteiger partial charge in [0.05, 0.1) is 6.04 Å². The van der Waals surface area contributed by atoms with Gasteiger partial charge in [0.15, 0.2) is 0 Å².